The van der Waals surface area contributed by atoms with Crippen LogP contribution in [0.5, 0.6) is 0 Å². The molecule has 0 unspecified atom stereocenters. The van der Waals surface area contributed by atoms with E-state index in [1.165, 1.54) is 12.4 Å². The number of carboxylic acid groups (broad SMARTS) is 2. The molecule has 1 aromatic rings. The minimum Gasteiger partial charge on any atom is -0.481 e. The van der Waals surface area contributed by atoms with E-state index in [1.54, 1.807) is 6.07 Å². The average molecular weight is 282 g/mol. The number of carboxylic acids is 2. The number of amides is 2. The Balaban J connectivity index is 2.46. The van der Waals surface area contributed by atoms with E-state index < -0.39 is 24.0 Å². The second-order valence-corrected chi connectivity index (χ2v) is 3.85. The number of nitrogens with one attached hydrogen (secondary N) is 2. The molecule has 0 aliphatic heterocycles. The van der Waals surface area contributed by atoms with Crippen LogP contribution >= 0.6 is 0 Å². The number of hydrogen-bond donors (Lipinski definition) is 4. The number of hydrogen-bond acceptors (Lipinski definition) is 5. The van der Waals surface area contributed by atoms with Crippen LogP contribution in [0.3, 0.4) is 0 Å². The van der Waals surface area contributed by atoms with Crippen LogP contribution in [-0.4, -0.2) is 44.2 Å². The van der Waals surface area contributed by atoms with E-state index >= 15 is 0 Å². The zero-order chi connectivity index (χ0) is 15.0. The highest BCUT2D eigenvalue weighted by Gasteiger charge is 2.20. The summed E-state index contributed by atoms with van der Waals surface area (Å²) in [6, 6.07) is -0.369. The first-order valence-electron chi connectivity index (χ1n) is 5.78. The maximum Gasteiger partial charge on any atom is 0.326 e. The van der Waals surface area contributed by atoms with Crippen molar-refractivity contribution in [2.45, 2.75) is 25.3 Å². The van der Waals surface area contributed by atoms with Crippen molar-refractivity contribution < 1.29 is 24.6 Å². The molecule has 1 heterocycles. The first kappa shape index (κ1) is 15.3. The molecular formula is C11H14N4O5. The molecule has 0 fully saturated rings. The predicted molar refractivity (Wildman–Crippen MR) is 67.1 cm³/mol. The third kappa shape index (κ3) is 5.76. The number of urea groups is 1. The molecule has 9 heteroatoms. The standard InChI is InChI=1S/C11H14N4O5/c16-8(17)4-1-3-7(9(18)19)14-11(20)15-10-12-5-2-6-13-10/h2,5-7H,1,3-4H2,(H,16,17)(H,18,19)(H2,12,13,14,15,20)/t7-/m1/s1. The van der Waals surface area contributed by atoms with Gasteiger partial charge >= 0.3 is 18.0 Å². The summed E-state index contributed by atoms with van der Waals surface area (Å²) in [5.74, 6) is -2.21. The van der Waals surface area contributed by atoms with E-state index in [2.05, 4.69) is 20.6 Å². The lowest BCUT2D eigenvalue weighted by molar-refractivity contribution is -0.140. The summed E-state index contributed by atoms with van der Waals surface area (Å²) in [5, 5.41) is 21.9. The van der Waals surface area contributed by atoms with Crippen molar-refractivity contribution in [2.75, 3.05) is 5.32 Å². The van der Waals surface area contributed by atoms with Crippen molar-refractivity contribution in [1.29, 1.82) is 0 Å². The number of rotatable bonds is 7. The van der Waals surface area contributed by atoms with Gasteiger partial charge in [0.15, 0.2) is 0 Å². The fraction of sp³-hybridized carbons (Fsp3) is 0.364. The zero-order valence-corrected chi connectivity index (χ0v) is 10.4. The van der Waals surface area contributed by atoms with Gasteiger partial charge in [0.05, 0.1) is 0 Å². The summed E-state index contributed by atoms with van der Waals surface area (Å²) in [6.45, 7) is 0. The van der Waals surface area contributed by atoms with Gasteiger partial charge in [-0.05, 0) is 18.9 Å². The molecule has 0 aromatic carbocycles. The maximum absolute atomic E-state index is 11.5. The highest BCUT2D eigenvalue weighted by molar-refractivity contribution is 5.90. The van der Waals surface area contributed by atoms with E-state index in [0.29, 0.717) is 0 Å². The normalized spacial score (nSPS) is 11.4. The first-order chi connectivity index (χ1) is 9.49. The van der Waals surface area contributed by atoms with Crippen LogP contribution < -0.4 is 10.6 Å². The monoisotopic (exact) mass is 282 g/mol. The van der Waals surface area contributed by atoms with Gasteiger partial charge in [0, 0.05) is 18.8 Å². The molecule has 4 N–H and O–H groups in total. The first-order valence-corrected chi connectivity index (χ1v) is 5.78. The number of carbonyl (C=O) groups is 3. The third-order valence-electron chi connectivity index (χ3n) is 2.28. The number of anilines is 1. The lowest BCUT2D eigenvalue weighted by Crippen LogP contribution is -2.43. The summed E-state index contributed by atoms with van der Waals surface area (Å²) < 4.78 is 0. The number of nitrogens with zero attached hydrogens (tertiary/aromatic N) is 2. The topological polar surface area (TPSA) is 142 Å². The molecule has 9 nitrogen and oxygen atoms in total. The van der Waals surface area contributed by atoms with Gasteiger partial charge < -0.3 is 15.5 Å². The lowest BCUT2D eigenvalue weighted by Gasteiger charge is -2.14. The van der Waals surface area contributed by atoms with Crippen LogP contribution in [0.1, 0.15) is 19.3 Å². The molecule has 1 rings (SSSR count). The summed E-state index contributed by atoms with van der Waals surface area (Å²) in [5.41, 5.74) is 0. The molecule has 20 heavy (non-hydrogen) atoms. The Kier molecular flexibility index (Phi) is 5.88. The van der Waals surface area contributed by atoms with E-state index in [4.69, 9.17) is 10.2 Å². The highest BCUT2D eigenvalue weighted by atomic mass is 16.4. The lowest BCUT2D eigenvalue weighted by atomic mass is 10.1. The summed E-state index contributed by atoms with van der Waals surface area (Å²) >= 11 is 0. The van der Waals surface area contributed by atoms with Gasteiger partial charge in [-0.15, -0.1) is 0 Å². The van der Waals surface area contributed by atoms with Gasteiger partial charge in [-0.1, -0.05) is 0 Å². The fourth-order valence-electron chi connectivity index (χ4n) is 1.37. The highest BCUT2D eigenvalue weighted by Crippen LogP contribution is 2.02. The quantitative estimate of drug-likeness (QED) is 0.563. The van der Waals surface area contributed by atoms with Gasteiger partial charge in [0.25, 0.3) is 0 Å². The van der Waals surface area contributed by atoms with Crippen LogP contribution in [0.25, 0.3) is 0 Å². The van der Waals surface area contributed by atoms with E-state index in [0.717, 1.165) is 0 Å². The zero-order valence-electron chi connectivity index (χ0n) is 10.4. The third-order valence-corrected chi connectivity index (χ3v) is 2.28. The van der Waals surface area contributed by atoms with Crippen molar-refractivity contribution in [3.05, 3.63) is 18.5 Å². The van der Waals surface area contributed by atoms with Crippen molar-refractivity contribution in [1.82, 2.24) is 15.3 Å². The largest absolute Gasteiger partial charge is 0.481 e. The van der Waals surface area contributed by atoms with Crippen LogP contribution in [0.4, 0.5) is 10.7 Å². The van der Waals surface area contributed by atoms with Crippen LogP contribution in [0.15, 0.2) is 18.5 Å². The van der Waals surface area contributed by atoms with Crippen LogP contribution in [-0.2, 0) is 9.59 Å². The number of aromatic nitrogens is 2. The van der Waals surface area contributed by atoms with Gasteiger partial charge in [-0.2, -0.15) is 0 Å². The van der Waals surface area contributed by atoms with E-state index in [-0.39, 0.29) is 25.2 Å². The molecule has 1 atom stereocenters. The van der Waals surface area contributed by atoms with Crippen molar-refractivity contribution in [2.24, 2.45) is 0 Å². The number of aliphatic carboxylic acids is 2. The van der Waals surface area contributed by atoms with Gasteiger partial charge in [-0.3, -0.25) is 10.1 Å². The summed E-state index contributed by atoms with van der Waals surface area (Å²) in [4.78, 5) is 40.3. The van der Waals surface area contributed by atoms with Crippen molar-refractivity contribution >= 4 is 23.9 Å². The molecule has 0 saturated carbocycles. The SMILES string of the molecule is O=C(O)CCC[C@@H](NC(=O)Nc1ncccn1)C(=O)O. The second-order valence-electron chi connectivity index (χ2n) is 3.85. The molecule has 0 bridgehead atoms. The molecule has 0 radical (unpaired) electrons. The second kappa shape index (κ2) is 7.67. The Morgan fingerprint density at radius 3 is 2.40 bits per heavy atom. The predicted octanol–water partition coefficient (Wildman–Crippen LogP) is 0.306. The Labute approximate surface area is 114 Å². The Bertz CT molecular complexity index is 479. The molecule has 108 valence electrons. The maximum atomic E-state index is 11.5. The minimum absolute atomic E-state index is 0.0186. The molecule has 0 aliphatic rings. The molecule has 0 aliphatic carbocycles. The van der Waals surface area contributed by atoms with Crippen molar-refractivity contribution in [3.8, 4) is 0 Å². The summed E-state index contributed by atoms with van der Waals surface area (Å²) in [6.07, 6.45) is 2.85. The van der Waals surface area contributed by atoms with Crippen molar-refractivity contribution in [3.63, 3.8) is 0 Å². The Morgan fingerprint density at radius 1 is 1.20 bits per heavy atom. The minimum atomic E-state index is -1.24. The molecule has 0 spiro atoms. The Hall–Kier alpha value is -2.71. The van der Waals surface area contributed by atoms with Crippen LogP contribution in [0.2, 0.25) is 0 Å². The van der Waals surface area contributed by atoms with Crippen LogP contribution in [0, 0.1) is 0 Å². The smallest absolute Gasteiger partial charge is 0.326 e. The van der Waals surface area contributed by atoms with E-state index in [1.807, 2.05) is 0 Å². The van der Waals surface area contributed by atoms with E-state index in [9.17, 15) is 14.4 Å². The molecular weight excluding hydrogens is 268 g/mol. The Morgan fingerprint density at radius 2 is 1.85 bits per heavy atom. The molecule has 2 amide bonds. The van der Waals surface area contributed by atoms with Gasteiger partial charge in [0.1, 0.15) is 6.04 Å². The van der Waals surface area contributed by atoms with Gasteiger partial charge in [0.2, 0.25) is 5.95 Å². The fourth-order valence-corrected chi connectivity index (χ4v) is 1.37. The van der Waals surface area contributed by atoms with Gasteiger partial charge in [-0.25, -0.2) is 19.6 Å². The number of carbonyl (C=O) groups excluding carboxylic acids is 1. The average Bonchev–Trinajstić information content (AvgIpc) is 2.38. The molecule has 0 saturated heterocycles. The molecule has 1 aromatic heterocycles. The summed E-state index contributed by atoms with van der Waals surface area (Å²) in [7, 11) is 0.